The summed E-state index contributed by atoms with van der Waals surface area (Å²) in [6.07, 6.45) is 5.84. The van der Waals surface area contributed by atoms with E-state index in [2.05, 4.69) is 0 Å². The summed E-state index contributed by atoms with van der Waals surface area (Å²) >= 11 is 0. The number of aryl methyl sites for hydroxylation is 1. The fourth-order valence-corrected chi connectivity index (χ4v) is 4.27. The van der Waals surface area contributed by atoms with E-state index in [0.717, 1.165) is 24.2 Å². The number of aromatic hydroxyl groups is 2. The smallest absolute Gasteiger partial charge is 0.123 e. The predicted octanol–water partition coefficient (Wildman–Crippen LogP) is 4.38. The van der Waals surface area contributed by atoms with Gasteiger partial charge in [0, 0.05) is 5.92 Å². The number of hydrogen-bond acceptors (Lipinski definition) is 3. The summed E-state index contributed by atoms with van der Waals surface area (Å²) in [5, 5.41) is 19.1. The SMILES string of the molecule is Oc1ccc(C2CCCC2[C@@H]2CCc3cc(O)ccc3O2)cc1. The molecule has 23 heavy (non-hydrogen) atoms. The van der Waals surface area contributed by atoms with Gasteiger partial charge in [0.1, 0.15) is 23.4 Å². The highest BCUT2D eigenvalue weighted by Gasteiger charge is 2.37. The maximum absolute atomic E-state index is 9.60. The van der Waals surface area contributed by atoms with Crippen LogP contribution in [-0.2, 0) is 6.42 Å². The van der Waals surface area contributed by atoms with Gasteiger partial charge in [-0.1, -0.05) is 18.6 Å². The fraction of sp³-hybridized carbons (Fsp3) is 0.400. The van der Waals surface area contributed by atoms with Crippen LogP contribution in [0.1, 0.15) is 42.7 Å². The van der Waals surface area contributed by atoms with Crippen LogP contribution in [-0.4, -0.2) is 16.3 Å². The second-order valence-electron chi connectivity index (χ2n) is 6.78. The van der Waals surface area contributed by atoms with Crippen molar-refractivity contribution in [2.75, 3.05) is 0 Å². The van der Waals surface area contributed by atoms with Gasteiger partial charge in [0.25, 0.3) is 0 Å². The van der Waals surface area contributed by atoms with Crippen molar-refractivity contribution in [3.8, 4) is 17.2 Å². The maximum atomic E-state index is 9.60. The van der Waals surface area contributed by atoms with E-state index in [4.69, 9.17) is 4.74 Å². The Balaban J connectivity index is 1.55. The zero-order valence-corrected chi connectivity index (χ0v) is 13.1. The number of ether oxygens (including phenoxy) is 1. The molecule has 0 spiro atoms. The molecule has 0 aromatic heterocycles. The van der Waals surface area contributed by atoms with Crippen molar-refractivity contribution in [2.24, 2.45) is 5.92 Å². The van der Waals surface area contributed by atoms with Crippen molar-refractivity contribution < 1.29 is 14.9 Å². The number of rotatable bonds is 2. The van der Waals surface area contributed by atoms with Crippen LogP contribution in [0.4, 0.5) is 0 Å². The Bertz CT molecular complexity index is 693. The van der Waals surface area contributed by atoms with Crippen molar-refractivity contribution in [2.45, 2.75) is 44.1 Å². The molecule has 2 aromatic carbocycles. The molecule has 1 heterocycles. The number of phenols is 2. The van der Waals surface area contributed by atoms with Crippen molar-refractivity contribution in [3.05, 3.63) is 53.6 Å². The lowest BCUT2D eigenvalue weighted by Crippen LogP contribution is -2.32. The van der Waals surface area contributed by atoms with Crippen LogP contribution in [0, 0.1) is 5.92 Å². The Morgan fingerprint density at radius 3 is 2.48 bits per heavy atom. The van der Waals surface area contributed by atoms with E-state index in [1.165, 1.54) is 24.8 Å². The van der Waals surface area contributed by atoms with Crippen LogP contribution in [0.5, 0.6) is 17.2 Å². The lowest BCUT2D eigenvalue weighted by molar-refractivity contribution is 0.104. The van der Waals surface area contributed by atoms with Gasteiger partial charge in [-0.05, 0) is 73.1 Å². The summed E-state index contributed by atoms with van der Waals surface area (Å²) in [5.74, 6) is 2.61. The average molecular weight is 310 g/mol. The standard InChI is InChI=1S/C20H22O3/c21-15-7-4-13(5-8-15)17-2-1-3-18(17)20-10-6-14-12-16(22)9-11-19(14)23-20/h4-5,7-9,11-12,17-18,20-22H,1-3,6,10H2/t17?,18?,20-/m0/s1. The third kappa shape index (κ3) is 2.76. The zero-order chi connectivity index (χ0) is 15.8. The molecule has 120 valence electrons. The molecule has 1 aliphatic heterocycles. The Hall–Kier alpha value is -2.16. The number of phenolic OH excluding ortho intramolecular Hbond substituents is 2. The van der Waals surface area contributed by atoms with Gasteiger partial charge in [0.2, 0.25) is 0 Å². The predicted molar refractivity (Wildman–Crippen MR) is 89.0 cm³/mol. The molecule has 2 unspecified atom stereocenters. The van der Waals surface area contributed by atoms with E-state index in [1.807, 2.05) is 24.3 Å². The molecule has 4 rings (SSSR count). The van der Waals surface area contributed by atoms with Gasteiger partial charge in [0.15, 0.2) is 0 Å². The van der Waals surface area contributed by atoms with E-state index >= 15 is 0 Å². The zero-order valence-electron chi connectivity index (χ0n) is 13.1. The summed E-state index contributed by atoms with van der Waals surface area (Å²) in [6.45, 7) is 0. The molecule has 2 aliphatic rings. The minimum atomic E-state index is 0.244. The van der Waals surface area contributed by atoms with Gasteiger partial charge in [-0.2, -0.15) is 0 Å². The average Bonchev–Trinajstić information content (AvgIpc) is 3.04. The van der Waals surface area contributed by atoms with E-state index in [1.54, 1.807) is 18.2 Å². The molecule has 0 saturated heterocycles. The molecule has 3 nitrogen and oxygen atoms in total. The molecule has 2 aromatic rings. The molecule has 2 N–H and O–H groups in total. The first-order valence-electron chi connectivity index (χ1n) is 8.48. The molecule has 0 bridgehead atoms. The van der Waals surface area contributed by atoms with Crippen molar-refractivity contribution in [1.29, 1.82) is 0 Å². The monoisotopic (exact) mass is 310 g/mol. The van der Waals surface area contributed by atoms with Crippen molar-refractivity contribution >= 4 is 0 Å². The maximum Gasteiger partial charge on any atom is 0.123 e. The fourth-order valence-electron chi connectivity index (χ4n) is 4.27. The summed E-state index contributed by atoms with van der Waals surface area (Å²) in [4.78, 5) is 0. The molecule has 3 heteroatoms. The highest BCUT2D eigenvalue weighted by molar-refractivity contribution is 5.41. The molecule has 1 aliphatic carbocycles. The van der Waals surface area contributed by atoms with Crippen LogP contribution in [0.2, 0.25) is 0 Å². The van der Waals surface area contributed by atoms with Gasteiger partial charge >= 0.3 is 0 Å². The van der Waals surface area contributed by atoms with Gasteiger partial charge in [-0.25, -0.2) is 0 Å². The summed E-state index contributed by atoms with van der Waals surface area (Å²) in [6, 6.07) is 13.1. The highest BCUT2D eigenvalue weighted by Crippen LogP contribution is 2.45. The second kappa shape index (κ2) is 5.80. The van der Waals surface area contributed by atoms with Crippen molar-refractivity contribution in [1.82, 2.24) is 0 Å². The Morgan fingerprint density at radius 2 is 1.65 bits per heavy atom. The normalized spacial score (nSPS) is 26.5. The van der Waals surface area contributed by atoms with Gasteiger partial charge in [0.05, 0.1) is 0 Å². The van der Waals surface area contributed by atoms with Gasteiger partial charge in [-0.15, -0.1) is 0 Å². The molecule has 0 amide bonds. The van der Waals surface area contributed by atoms with Crippen LogP contribution in [0.15, 0.2) is 42.5 Å². The molecular formula is C20H22O3. The van der Waals surface area contributed by atoms with Crippen LogP contribution < -0.4 is 4.74 Å². The number of benzene rings is 2. The Kier molecular flexibility index (Phi) is 3.64. The first-order valence-corrected chi connectivity index (χ1v) is 8.48. The largest absolute Gasteiger partial charge is 0.508 e. The quantitative estimate of drug-likeness (QED) is 0.865. The van der Waals surface area contributed by atoms with Crippen LogP contribution >= 0.6 is 0 Å². The Morgan fingerprint density at radius 1 is 0.870 bits per heavy atom. The van der Waals surface area contributed by atoms with E-state index < -0.39 is 0 Å². The molecule has 3 atom stereocenters. The summed E-state index contributed by atoms with van der Waals surface area (Å²) in [5.41, 5.74) is 2.42. The lowest BCUT2D eigenvalue weighted by Gasteiger charge is -2.33. The van der Waals surface area contributed by atoms with E-state index in [-0.39, 0.29) is 6.10 Å². The second-order valence-corrected chi connectivity index (χ2v) is 6.78. The Labute approximate surface area is 136 Å². The minimum absolute atomic E-state index is 0.244. The first-order chi connectivity index (χ1) is 11.2. The number of hydrogen-bond donors (Lipinski definition) is 2. The lowest BCUT2D eigenvalue weighted by atomic mass is 9.82. The molecule has 1 fully saturated rings. The summed E-state index contributed by atoms with van der Waals surface area (Å²) in [7, 11) is 0. The van der Waals surface area contributed by atoms with E-state index in [0.29, 0.717) is 23.3 Å². The summed E-state index contributed by atoms with van der Waals surface area (Å²) < 4.78 is 6.29. The third-order valence-electron chi connectivity index (χ3n) is 5.39. The van der Waals surface area contributed by atoms with Gasteiger partial charge < -0.3 is 14.9 Å². The third-order valence-corrected chi connectivity index (χ3v) is 5.39. The van der Waals surface area contributed by atoms with Crippen LogP contribution in [0.25, 0.3) is 0 Å². The van der Waals surface area contributed by atoms with Crippen LogP contribution in [0.3, 0.4) is 0 Å². The topological polar surface area (TPSA) is 49.7 Å². The molecule has 1 saturated carbocycles. The molecular weight excluding hydrogens is 288 g/mol. The minimum Gasteiger partial charge on any atom is -0.508 e. The highest BCUT2D eigenvalue weighted by atomic mass is 16.5. The van der Waals surface area contributed by atoms with Crippen molar-refractivity contribution in [3.63, 3.8) is 0 Å². The molecule has 0 radical (unpaired) electrons. The van der Waals surface area contributed by atoms with Gasteiger partial charge in [-0.3, -0.25) is 0 Å². The number of fused-ring (bicyclic) bond motifs is 1. The van der Waals surface area contributed by atoms with E-state index in [9.17, 15) is 10.2 Å². The first kappa shape index (κ1) is 14.4.